The van der Waals surface area contributed by atoms with Crippen LogP contribution in [0, 0.1) is 5.92 Å². The summed E-state index contributed by atoms with van der Waals surface area (Å²) < 4.78 is 6.23. The second-order valence-corrected chi connectivity index (χ2v) is 7.61. The van der Waals surface area contributed by atoms with Crippen LogP contribution < -0.4 is 5.32 Å². The van der Waals surface area contributed by atoms with Crippen molar-refractivity contribution in [3.05, 3.63) is 40.8 Å². The highest BCUT2D eigenvalue weighted by Crippen LogP contribution is 2.37. The van der Waals surface area contributed by atoms with Crippen LogP contribution in [0.4, 0.5) is 5.95 Å². The van der Waals surface area contributed by atoms with Crippen LogP contribution in [0.25, 0.3) is 0 Å². The fourth-order valence-corrected chi connectivity index (χ4v) is 4.20. The van der Waals surface area contributed by atoms with E-state index in [-0.39, 0.29) is 5.60 Å². The highest BCUT2D eigenvalue weighted by atomic mass is 32.1. The molecule has 4 heterocycles. The number of ether oxygens (including phenoxy) is 1. The smallest absolute Gasteiger partial charge is 0.222 e. The van der Waals surface area contributed by atoms with Crippen molar-refractivity contribution in [1.82, 2.24) is 14.9 Å². The molecule has 1 N–H and O–H groups in total. The van der Waals surface area contributed by atoms with Gasteiger partial charge in [-0.3, -0.25) is 4.90 Å². The van der Waals surface area contributed by atoms with Crippen molar-refractivity contribution in [3.8, 4) is 0 Å². The molecule has 0 aromatic carbocycles. The van der Waals surface area contributed by atoms with Gasteiger partial charge in [0.15, 0.2) is 0 Å². The van der Waals surface area contributed by atoms with E-state index in [1.54, 1.807) is 12.4 Å². The maximum absolute atomic E-state index is 6.23. The Kier molecular flexibility index (Phi) is 4.29. The maximum Gasteiger partial charge on any atom is 0.222 e. The Balaban J connectivity index is 1.20. The van der Waals surface area contributed by atoms with Gasteiger partial charge in [0.2, 0.25) is 5.95 Å². The fraction of sp³-hybridized carbons (Fsp3) is 0.529. The minimum absolute atomic E-state index is 0.122. The molecule has 0 saturated carbocycles. The van der Waals surface area contributed by atoms with Gasteiger partial charge in [-0.1, -0.05) is 6.07 Å². The topological polar surface area (TPSA) is 50.3 Å². The van der Waals surface area contributed by atoms with Gasteiger partial charge in [-0.2, -0.15) is 0 Å². The zero-order valence-electron chi connectivity index (χ0n) is 13.1. The van der Waals surface area contributed by atoms with Gasteiger partial charge in [0, 0.05) is 43.4 Å². The number of thiophene rings is 1. The first-order valence-corrected chi connectivity index (χ1v) is 9.09. The number of nitrogens with zero attached hydrogens (tertiary/aromatic N) is 3. The molecule has 122 valence electrons. The number of anilines is 1. The van der Waals surface area contributed by atoms with Crippen LogP contribution in [0.1, 0.15) is 17.7 Å². The molecule has 0 radical (unpaired) electrons. The molecule has 2 saturated heterocycles. The van der Waals surface area contributed by atoms with Crippen molar-refractivity contribution in [3.63, 3.8) is 0 Å². The minimum atomic E-state index is 0.122. The Morgan fingerprint density at radius 2 is 2.17 bits per heavy atom. The predicted octanol–water partition coefficient (Wildman–Crippen LogP) is 2.63. The molecule has 2 aromatic rings. The van der Waals surface area contributed by atoms with Crippen LogP contribution in [0.15, 0.2) is 36.0 Å². The van der Waals surface area contributed by atoms with Gasteiger partial charge in [-0.25, -0.2) is 9.97 Å². The van der Waals surface area contributed by atoms with E-state index in [0.29, 0.717) is 11.9 Å². The summed E-state index contributed by atoms with van der Waals surface area (Å²) >= 11 is 1.84. The molecule has 0 amide bonds. The molecule has 2 aliphatic heterocycles. The van der Waals surface area contributed by atoms with E-state index in [1.165, 1.54) is 11.3 Å². The summed E-state index contributed by atoms with van der Waals surface area (Å²) in [5.41, 5.74) is 0.122. The first-order valence-electron chi connectivity index (χ1n) is 8.21. The third-order valence-corrected chi connectivity index (χ3v) is 5.59. The molecule has 1 spiro atoms. The number of aromatic nitrogens is 2. The van der Waals surface area contributed by atoms with E-state index < -0.39 is 0 Å². The van der Waals surface area contributed by atoms with E-state index in [9.17, 15) is 0 Å². The molecule has 0 aliphatic carbocycles. The first-order chi connectivity index (χ1) is 11.3. The molecule has 1 atom stereocenters. The number of rotatable bonds is 5. The third-order valence-electron chi connectivity index (χ3n) is 4.73. The summed E-state index contributed by atoms with van der Waals surface area (Å²) in [5.74, 6) is 1.26. The largest absolute Gasteiger partial charge is 0.372 e. The number of hydrogen-bond donors (Lipinski definition) is 1. The van der Waals surface area contributed by atoms with E-state index in [0.717, 1.165) is 39.2 Å². The van der Waals surface area contributed by atoms with Crippen LogP contribution >= 0.6 is 11.3 Å². The lowest BCUT2D eigenvalue weighted by atomic mass is 9.83. The number of nitrogens with one attached hydrogen (secondary N) is 1. The Hall–Kier alpha value is -1.50. The number of likely N-dealkylation sites (tertiary alicyclic amines) is 1. The molecule has 4 rings (SSSR count). The molecular weight excluding hydrogens is 308 g/mol. The Morgan fingerprint density at radius 3 is 2.87 bits per heavy atom. The summed E-state index contributed by atoms with van der Waals surface area (Å²) in [6, 6.07) is 6.17. The van der Waals surface area contributed by atoms with Crippen molar-refractivity contribution in [2.24, 2.45) is 5.92 Å². The summed E-state index contributed by atoms with van der Waals surface area (Å²) in [7, 11) is 0. The second-order valence-electron chi connectivity index (χ2n) is 6.58. The average Bonchev–Trinajstić information content (AvgIpc) is 3.07. The van der Waals surface area contributed by atoms with E-state index in [4.69, 9.17) is 4.74 Å². The molecule has 6 heteroatoms. The van der Waals surface area contributed by atoms with E-state index in [2.05, 4.69) is 37.7 Å². The zero-order valence-corrected chi connectivity index (χ0v) is 14.0. The maximum atomic E-state index is 6.23. The van der Waals surface area contributed by atoms with Gasteiger partial charge in [-0.05, 0) is 36.3 Å². The molecule has 2 fully saturated rings. The highest BCUT2D eigenvalue weighted by Gasteiger charge is 2.46. The van der Waals surface area contributed by atoms with Crippen molar-refractivity contribution in [2.75, 3.05) is 31.6 Å². The molecule has 2 aliphatic rings. The fourth-order valence-electron chi connectivity index (χ4n) is 3.46. The van der Waals surface area contributed by atoms with Crippen LogP contribution in [-0.2, 0) is 11.3 Å². The SMILES string of the molecule is c1cnc(NC[C@H]2CCC3(CN(Cc4cccs4)C3)OC2)nc1. The standard InChI is InChI=1S/C17H22N4OS/c1-3-15(23-8-1)10-21-12-17(13-21)5-4-14(11-22-17)9-20-16-18-6-2-7-19-16/h1-3,6-8,14H,4-5,9-13H2,(H,18,19,20)/t14-/m1/s1. The monoisotopic (exact) mass is 330 g/mol. The van der Waals surface area contributed by atoms with Crippen molar-refractivity contribution < 1.29 is 4.74 Å². The summed E-state index contributed by atoms with van der Waals surface area (Å²) in [6.07, 6.45) is 5.90. The predicted molar refractivity (Wildman–Crippen MR) is 91.5 cm³/mol. The highest BCUT2D eigenvalue weighted by molar-refractivity contribution is 7.09. The number of hydrogen-bond acceptors (Lipinski definition) is 6. The van der Waals surface area contributed by atoms with Crippen LogP contribution in [0.5, 0.6) is 0 Å². The van der Waals surface area contributed by atoms with Crippen molar-refractivity contribution >= 4 is 17.3 Å². The molecule has 0 unspecified atom stereocenters. The van der Waals surface area contributed by atoms with Crippen LogP contribution in [-0.4, -0.2) is 46.7 Å². The Labute approximate surface area is 140 Å². The summed E-state index contributed by atoms with van der Waals surface area (Å²) in [6.45, 7) is 4.95. The Bertz CT molecular complexity index is 603. The quantitative estimate of drug-likeness (QED) is 0.913. The normalized spacial score (nSPS) is 23.6. The van der Waals surface area contributed by atoms with Crippen LogP contribution in [0.3, 0.4) is 0 Å². The third kappa shape index (κ3) is 3.54. The summed E-state index contributed by atoms with van der Waals surface area (Å²) in [4.78, 5) is 12.3. The average molecular weight is 330 g/mol. The first kappa shape index (κ1) is 15.1. The molecule has 23 heavy (non-hydrogen) atoms. The lowest BCUT2D eigenvalue weighted by Crippen LogP contribution is -2.64. The van der Waals surface area contributed by atoms with Crippen molar-refractivity contribution in [1.29, 1.82) is 0 Å². The van der Waals surface area contributed by atoms with Gasteiger partial charge >= 0.3 is 0 Å². The minimum Gasteiger partial charge on any atom is -0.372 e. The van der Waals surface area contributed by atoms with Gasteiger partial charge in [0.25, 0.3) is 0 Å². The van der Waals surface area contributed by atoms with Crippen molar-refractivity contribution in [2.45, 2.75) is 25.0 Å². The Morgan fingerprint density at radius 1 is 1.30 bits per heavy atom. The molecular formula is C17H22N4OS. The van der Waals surface area contributed by atoms with Gasteiger partial charge in [-0.15, -0.1) is 11.3 Å². The van der Waals surface area contributed by atoms with E-state index >= 15 is 0 Å². The van der Waals surface area contributed by atoms with Gasteiger partial charge < -0.3 is 10.1 Å². The van der Waals surface area contributed by atoms with Gasteiger partial charge in [0.1, 0.15) is 0 Å². The zero-order chi connectivity index (χ0) is 15.5. The molecule has 0 bridgehead atoms. The van der Waals surface area contributed by atoms with E-state index in [1.807, 2.05) is 17.4 Å². The lowest BCUT2D eigenvalue weighted by molar-refractivity contribution is -0.180. The van der Waals surface area contributed by atoms with Gasteiger partial charge in [0.05, 0.1) is 12.2 Å². The lowest BCUT2D eigenvalue weighted by Gasteiger charge is -2.52. The summed E-state index contributed by atoms with van der Waals surface area (Å²) in [5, 5.41) is 5.45. The second kappa shape index (κ2) is 6.55. The molecule has 2 aromatic heterocycles. The van der Waals surface area contributed by atoms with Crippen LogP contribution in [0.2, 0.25) is 0 Å². The molecule has 5 nitrogen and oxygen atoms in total.